The Bertz CT molecular complexity index is 3900. The van der Waals surface area contributed by atoms with Crippen LogP contribution in [-0.2, 0) is 100 Å². The van der Waals surface area contributed by atoms with Crippen LogP contribution in [0.25, 0.3) is 11.0 Å². The summed E-state index contributed by atoms with van der Waals surface area (Å²) in [7, 11) is 2.04. The summed E-state index contributed by atoms with van der Waals surface area (Å²) < 4.78 is 62.6. The second-order valence-electron chi connectivity index (χ2n) is 29.8. The van der Waals surface area contributed by atoms with Gasteiger partial charge in [0.2, 0.25) is 51.4 Å². The van der Waals surface area contributed by atoms with Crippen LogP contribution in [0, 0.1) is 23.7 Å². The number of rotatable bonds is 49. The van der Waals surface area contributed by atoms with Gasteiger partial charge in [0.05, 0.1) is 103 Å². The number of carbonyl (C=O) groups is 10. The van der Waals surface area contributed by atoms with E-state index in [9.17, 15) is 56.4 Å². The maximum atomic E-state index is 14.9. The van der Waals surface area contributed by atoms with E-state index in [-0.39, 0.29) is 108 Å². The molecular formula is C80H118Br2N12O18S. The molecule has 3 aromatic carbocycles. The highest BCUT2D eigenvalue weighted by atomic mass is 79.9. The largest absolute Gasteiger partial charge is 0.445 e. The van der Waals surface area contributed by atoms with E-state index in [1.807, 2.05) is 27.7 Å². The number of hydrogen-bond acceptors (Lipinski definition) is 20. The maximum Gasteiger partial charge on any atom is 0.410 e. The van der Waals surface area contributed by atoms with Crippen molar-refractivity contribution in [2.45, 2.75) is 216 Å². The number of sulfonamides is 1. The van der Waals surface area contributed by atoms with Crippen molar-refractivity contribution in [3.63, 3.8) is 0 Å². The third kappa shape index (κ3) is 29.5. The summed E-state index contributed by atoms with van der Waals surface area (Å²) in [4.78, 5) is 152. The number of ether oxygens (including phenoxy) is 6. The van der Waals surface area contributed by atoms with Crippen molar-refractivity contribution in [2.24, 2.45) is 23.7 Å². The number of fused-ring (bicyclic) bond motifs is 1. The van der Waals surface area contributed by atoms with Gasteiger partial charge < -0.3 is 70.1 Å². The first-order valence-corrected chi connectivity index (χ1v) is 42.8. The molecule has 0 radical (unpaired) electrons. The van der Waals surface area contributed by atoms with Gasteiger partial charge in [0, 0.05) is 89.1 Å². The van der Waals surface area contributed by atoms with Crippen molar-refractivity contribution in [1.29, 1.82) is 0 Å². The molecule has 0 unspecified atom stereocenters. The van der Waals surface area contributed by atoms with Gasteiger partial charge in [-0.15, -0.1) is 0 Å². The summed E-state index contributed by atoms with van der Waals surface area (Å²) in [6.45, 7) is 18.1. The minimum Gasteiger partial charge on any atom is -0.445 e. The number of nitrogens with zero attached hydrogens (tertiary/aromatic N) is 5. The molecule has 113 heavy (non-hydrogen) atoms. The van der Waals surface area contributed by atoms with E-state index >= 15 is 0 Å². The fourth-order valence-electron chi connectivity index (χ4n) is 13.5. The van der Waals surface area contributed by atoms with Crippen molar-refractivity contribution in [1.82, 2.24) is 56.0 Å². The van der Waals surface area contributed by atoms with Gasteiger partial charge in [-0.3, -0.25) is 52.8 Å². The molecule has 4 aromatic rings. The van der Waals surface area contributed by atoms with E-state index in [1.165, 1.54) is 31.1 Å². The molecule has 33 heteroatoms. The highest BCUT2D eigenvalue weighted by Gasteiger charge is 2.45. The van der Waals surface area contributed by atoms with Gasteiger partial charge in [-0.1, -0.05) is 129 Å². The number of anilines is 1. The zero-order chi connectivity index (χ0) is 83.1. The van der Waals surface area contributed by atoms with Crippen LogP contribution in [0.5, 0.6) is 0 Å². The van der Waals surface area contributed by atoms with E-state index < -0.39 is 123 Å². The van der Waals surface area contributed by atoms with Crippen LogP contribution in [-0.4, -0.2) is 233 Å². The SMILES string of the molecule is CC[C@H](C)[C@@H]([C@@H](CC(=O)N1CCC[C@H]1[C@H](OC)[C@@H](C)C(=O)N[C@@H](Cc1ccccc1)C(=O)NS(=O)(=O)C1CC1)OC)N(C)C(=O)[C@@H](NC(=O)[C@H](C(C)C)N(C)C(=O)OCc1ccc(NC(=O)[C@H](CCCCNC(=O)CCOC(C)C)NC(=O)CCOCCOCCNC(=O)c2ccc3nc(CBr)c(CBr)nc3c2)cc1)C(C)C. The zero-order valence-electron chi connectivity index (χ0n) is 67.5. The average molecular weight is 1730 g/mol. The van der Waals surface area contributed by atoms with Gasteiger partial charge in [-0.2, -0.15) is 0 Å². The number of carbonyl (C=O) groups excluding carboxylic acids is 10. The molecule has 1 aromatic heterocycles. The summed E-state index contributed by atoms with van der Waals surface area (Å²) in [5, 5.41) is 17.5. The van der Waals surface area contributed by atoms with Crippen LogP contribution in [0.1, 0.15) is 166 Å². The fourth-order valence-corrected chi connectivity index (χ4v) is 15.8. The quantitative estimate of drug-likeness (QED) is 0.0164. The third-order valence-electron chi connectivity index (χ3n) is 20.2. The maximum absolute atomic E-state index is 14.9. The Hall–Kier alpha value is -7.79. The standard InChI is InChI=1S/C80H118Br2N12O18S/c1-14-52(8)72(66(107-12)45-69(97)94-37-20-24-65(94)73(108-13)53(9)74(98)89-62(43-54-21-16-15-17-22-54)77(101)91-113(105,106)58-30-31-58)92(10)79(103)70(49(2)3)90-78(102)71(50(4)5)93(11)80(104)112-48-55-25-28-57(29-26-55)85-76(100)60(23-18-19-35-83-67(95)34-39-111-51(6)7)88-68(96)33-38-109-41-42-110-40-36-84-75(99)56-27-32-59-61(44-56)87-64(47-82)63(46-81)86-59/h15-17,21-22,25-29,32,44,49-53,58,60,62,65-66,70-73H,14,18-20,23-24,30-31,33-43,45-48H2,1-13H3,(H,83,95)(H,84,99)(H,85,100)(H,88,96)(H,89,98)(H,90,102)(H,91,101)/t52-,53+,60-,62-,65-,66+,70-,71-,72-,73+/m0/s1. The first kappa shape index (κ1) is 94.1. The Morgan fingerprint density at radius 3 is 1.94 bits per heavy atom. The molecule has 2 heterocycles. The van der Waals surface area contributed by atoms with Crippen LogP contribution in [0.3, 0.4) is 0 Å². The number of alkyl halides is 2. The smallest absolute Gasteiger partial charge is 0.410 e. The summed E-state index contributed by atoms with van der Waals surface area (Å²) >= 11 is 6.89. The van der Waals surface area contributed by atoms with Gasteiger partial charge in [0.25, 0.3) is 11.8 Å². The number of hydrogen-bond donors (Lipinski definition) is 7. The summed E-state index contributed by atoms with van der Waals surface area (Å²) in [5.41, 5.74) is 4.96. The van der Waals surface area contributed by atoms with Gasteiger partial charge in [-0.25, -0.2) is 23.2 Å². The number of halogens is 2. The Morgan fingerprint density at radius 2 is 1.32 bits per heavy atom. The summed E-state index contributed by atoms with van der Waals surface area (Å²) in [6, 6.07) is 14.9. The second kappa shape index (κ2) is 47.3. The van der Waals surface area contributed by atoms with Gasteiger partial charge >= 0.3 is 6.09 Å². The van der Waals surface area contributed by atoms with E-state index in [0.29, 0.717) is 102 Å². The number of aromatic nitrogens is 2. The Morgan fingerprint density at radius 1 is 0.655 bits per heavy atom. The molecule has 6 rings (SSSR count). The molecule has 7 N–H and O–H groups in total. The Balaban J connectivity index is 1.00. The summed E-state index contributed by atoms with van der Waals surface area (Å²) in [5.74, 6) is -6.21. The molecule has 0 bridgehead atoms. The minimum absolute atomic E-state index is 0.00609. The van der Waals surface area contributed by atoms with Crippen molar-refractivity contribution in [3.05, 3.63) is 101 Å². The first-order valence-electron chi connectivity index (χ1n) is 39.0. The van der Waals surface area contributed by atoms with E-state index in [2.05, 4.69) is 78.5 Å². The Labute approximate surface area is 681 Å². The van der Waals surface area contributed by atoms with Crippen molar-refractivity contribution >= 4 is 118 Å². The lowest BCUT2D eigenvalue weighted by Crippen LogP contribution is -2.60. The Kier molecular flexibility index (Phi) is 39.4. The van der Waals surface area contributed by atoms with Crippen LogP contribution >= 0.6 is 31.9 Å². The predicted molar refractivity (Wildman–Crippen MR) is 435 cm³/mol. The van der Waals surface area contributed by atoms with Crippen molar-refractivity contribution in [3.8, 4) is 0 Å². The number of likely N-dealkylation sites (tertiary alicyclic amines) is 1. The number of amides is 10. The van der Waals surface area contributed by atoms with Gasteiger partial charge in [-0.05, 0) is 118 Å². The number of methoxy groups -OCH3 is 2. The lowest BCUT2D eigenvalue weighted by Gasteiger charge is -2.41. The lowest BCUT2D eigenvalue weighted by atomic mass is 9.89. The topological polar surface area (TPSA) is 380 Å². The monoisotopic (exact) mass is 1720 g/mol. The first-order chi connectivity index (χ1) is 53.9. The molecule has 10 amide bonds. The van der Waals surface area contributed by atoms with Crippen LogP contribution < -0.4 is 36.6 Å². The number of likely N-dealkylation sites (N-methyl/N-ethyl adjacent to an activating group) is 2. The molecule has 1 aliphatic carbocycles. The van der Waals surface area contributed by atoms with Crippen LogP contribution in [0.2, 0.25) is 0 Å². The summed E-state index contributed by atoms with van der Waals surface area (Å²) in [6.07, 6.45) is 1.29. The number of benzene rings is 3. The van der Waals surface area contributed by atoms with E-state index in [4.69, 9.17) is 28.4 Å². The van der Waals surface area contributed by atoms with Crippen molar-refractivity contribution < 1.29 is 84.8 Å². The fraction of sp³-hybridized carbons (Fsp3) is 0.625. The highest BCUT2D eigenvalue weighted by Crippen LogP contribution is 2.32. The molecule has 30 nitrogen and oxygen atoms in total. The molecule has 1 saturated heterocycles. The second-order valence-corrected chi connectivity index (χ2v) is 32.9. The molecule has 1 saturated carbocycles. The highest BCUT2D eigenvalue weighted by molar-refractivity contribution is 9.09. The molecule has 1 aliphatic heterocycles. The molecule has 2 fully saturated rings. The normalized spacial score (nSPS) is 16.1. The van der Waals surface area contributed by atoms with Crippen molar-refractivity contribution in [2.75, 3.05) is 86.3 Å². The third-order valence-corrected chi connectivity index (χ3v) is 23.1. The number of nitrogens with one attached hydrogen (secondary N) is 7. The molecule has 626 valence electrons. The lowest BCUT2D eigenvalue weighted by molar-refractivity contribution is -0.148. The zero-order valence-corrected chi connectivity index (χ0v) is 71.5. The van der Waals surface area contributed by atoms with Gasteiger partial charge in [0.1, 0.15) is 30.8 Å². The van der Waals surface area contributed by atoms with Crippen LogP contribution in [0.15, 0.2) is 72.8 Å². The molecule has 2 aliphatic rings. The van der Waals surface area contributed by atoms with Crippen LogP contribution in [0.4, 0.5) is 10.5 Å². The van der Waals surface area contributed by atoms with Gasteiger partial charge in [0.15, 0.2) is 0 Å². The molecular weight excluding hydrogens is 1610 g/mol. The molecule has 10 atom stereocenters. The predicted octanol–water partition coefficient (Wildman–Crippen LogP) is 7.79. The molecule has 0 spiro atoms. The van der Waals surface area contributed by atoms with E-state index in [0.717, 1.165) is 11.4 Å². The number of unbranched alkanes of at least 4 members (excludes halogenated alkanes) is 1. The minimum atomic E-state index is -3.93. The van der Waals surface area contributed by atoms with E-state index in [1.54, 1.807) is 119 Å². The average Bonchev–Trinajstić information content (AvgIpc) is 1.78.